The van der Waals surface area contributed by atoms with Crippen LogP contribution in [0.3, 0.4) is 0 Å². The maximum Gasteiger partial charge on any atom is 0.138 e. The van der Waals surface area contributed by atoms with E-state index >= 15 is 0 Å². The van der Waals surface area contributed by atoms with Gasteiger partial charge in [0, 0.05) is 18.0 Å². The summed E-state index contributed by atoms with van der Waals surface area (Å²) in [6.45, 7) is 2.09. The van der Waals surface area contributed by atoms with E-state index in [1.165, 1.54) is 11.1 Å². The van der Waals surface area contributed by atoms with Crippen LogP contribution in [-0.2, 0) is 4.79 Å². The second kappa shape index (κ2) is 6.78. The van der Waals surface area contributed by atoms with Crippen LogP contribution in [0.15, 0.2) is 54.6 Å². The molecule has 1 saturated carbocycles. The first-order valence-corrected chi connectivity index (χ1v) is 8.15. The van der Waals surface area contributed by atoms with Crippen molar-refractivity contribution in [1.29, 1.82) is 0 Å². The zero-order chi connectivity index (χ0) is 15.4. The summed E-state index contributed by atoms with van der Waals surface area (Å²) < 4.78 is 0. The molecule has 0 aliphatic heterocycles. The molecule has 1 fully saturated rings. The van der Waals surface area contributed by atoms with Crippen LogP contribution in [0, 0.1) is 12.8 Å². The van der Waals surface area contributed by atoms with Gasteiger partial charge in [0.25, 0.3) is 0 Å². The van der Waals surface area contributed by atoms with Crippen LogP contribution in [0.25, 0.3) is 0 Å². The Hall–Kier alpha value is -2.09. The van der Waals surface area contributed by atoms with Crippen LogP contribution < -0.4 is 5.32 Å². The molecule has 1 aliphatic rings. The number of hydrogen-bond donors (Lipinski definition) is 1. The smallest absolute Gasteiger partial charge is 0.138 e. The zero-order valence-electron chi connectivity index (χ0n) is 13.1. The van der Waals surface area contributed by atoms with Gasteiger partial charge in [-0.05, 0) is 37.5 Å². The lowest BCUT2D eigenvalue weighted by Crippen LogP contribution is -2.30. The minimum Gasteiger partial charge on any atom is -0.378 e. The van der Waals surface area contributed by atoms with Gasteiger partial charge in [-0.25, -0.2) is 0 Å². The third kappa shape index (κ3) is 3.38. The van der Waals surface area contributed by atoms with Crippen molar-refractivity contribution in [2.45, 2.75) is 38.6 Å². The van der Waals surface area contributed by atoms with Crippen LogP contribution in [0.2, 0.25) is 0 Å². The van der Waals surface area contributed by atoms with Gasteiger partial charge < -0.3 is 5.32 Å². The number of ketones is 1. The number of hydrogen-bond acceptors (Lipinski definition) is 2. The third-order valence-corrected chi connectivity index (χ3v) is 4.54. The summed E-state index contributed by atoms with van der Waals surface area (Å²) in [5, 5.41) is 3.60. The lowest BCUT2D eigenvalue weighted by Gasteiger charge is -2.31. The van der Waals surface area contributed by atoms with Crippen molar-refractivity contribution >= 4 is 11.5 Å². The summed E-state index contributed by atoms with van der Waals surface area (Å²) in [4.78, 5) is 12.4. The number of carbonyl (C=O) groups is 1. The molecule has 1 aliphatic carbocycles. The summed E-state index contributed by atoms with van der Waals surface area (Å²) in [5.74, 6) is 0.483. The van der Waals surface area contributed by atoms with Gasteiger partial charge in [-0.15, -0.1) is 0 Å². The minimum absolute atomic E-state index is 0.0664. The highest BCUT2D eigenvalue weighted by Gasteiger charge is 2.31. The van der Waals surface area contributed by atoms with Gasteiger partial charge in [0.2, 0.25) is 0 Å². The molecule has 2 nitrogen and oxygen atoms in total. The zero-order valence-corrected chi connectivity index (χ0v) is 13.1. The Bertz CT molecular complexity index is 618. The Morgan fingerprint density at radius 3 is 2.41 bits per heavy atom. The number of anilines is 1. The SMILES string of the molecule is Cc1ccc(N[C@H](c2ccccc2)[C@H]2CCCCC2=O)cc1. The van der Waals surface area contributed by atoms with Crippen molar-refractivity contribution in [1.82, 2.24) is 0 Å². The van der Waals surface area contributed by atoms with Crippen LogP contribution in [0.1, 0.15) is 42.9 Å². The minimum atomic E-state index is 0.0664. The van der Waals surface area contributed by atoms with Gasteiger partial charge in [0.15, 0.2) is 0 Å². The maximum absolute atomic E-state index is 12.4. The average Bonchev–Trinajstić information content (AvgIpc) is 2.56. The van der Waals surface area contributed by atoms with Crippen molar-refractivity contribution in [3.05, 3.63) is 65.7 Å². The Kier molecular flexibility index (Phi) is 4.57. The molecule has 114 valence electrons. The van der Waals surface area contributed by atoms with E-state index < -0.39 is 0 Å². The van der Waals surface area contributed by atoms with Gasteiger partial charge in [0.05, 0.1) is 6.04 Å². The predicted molar refractivity (Wildman–Crippen MR) is 90.9 cm³/mol. The lowest BCUT2D eigenvalue weighted by molar-refractivity contribution is -0.125. The van der Waals surface area contributed by atoms with Gasteiger partial charge in [0.1, 0.15) is 5.78 Å². The van der Waals surface area contributed by atoms with Crippen molar-refractivity contribution in [2.75, 3.05) is 5.32 Å². The van der Waals surface area contributed by atoms with Crippen molar-refractivity contribution < 1.29 is 4.79 Å². The summed E-state index contributed by atoms with van der Waals surface area (Å²) >= 11 is 0. The molecule has 2 atom stereocenters. The van der Waals surface area contributed by atoms with Gasteiger partial charge in [-0.1, -0.05) is 54.4 Å². The molecule has 0 radical (unpaired) electrons. The molecular formula is C20H23NO. The van der Waals surface area contributed by atoms with Crippen molar-refractivity contribution in [3.8, 4) is 0 Å². The molecule has 3 rings (SSSR count). The largest absolute Gasteiger partial charge is 0.378 e. The van der Waals surface area contributed by atoms with E-state index in [9.17, 15) is 4.79 Å². The highest BCUT2D eigenvalue weighted by atomic mass is 16.1. The Morgan fingerprint density at radius 2 is 1.73 bits per heavy atom. The molecule has 0 unspecified atom stereocenters. The van der Waals surface area contributed by atoms with E-state index in [1.807, 2.05) is 18.2 Å². The normalized spacial score (nSPS) is 19.7. The van der Waals surface area contributed by atoms with Crippen molar-refractivity contribution in [3.63, 3.8) is 0 Å². The molecule has 0 amide bonds. The fourth-order valence-electron chi connectivity index (χ4n) is 3.27. The first-order chi connectivity index (χ1) is 10.7. The summed E-state index contributed by atoms with van der Waals surface area (Å²) in [5.41, 5.74) is 3.52. The second-order valence-electron chi connectivity index (χ2n) is 6.22. The molecule has 2 heteroatoms. The molecular weight excluding hydrogens is 270 g/mol. The van der Waals surface area contributed by atoms with E-state index in [-0.39, 0.29) is 12.0 Å². The molecule has 0 bridgehead atoms. The summed E-state index contributed by atoms with van der Waals surface area (Å²) in [7, 11) is 0. The molecule has 1 N–H and O–H groups in total. The highest BCUT2D eigenvalue weighted by Crippen LogP contribution is 2.34. The monoisotopic (exact) mass is 293 g/mol. The molecule has 0 spiro atoms. The van der Waals surface area contributed by atoms with E-state index in [4.69, 9.17) is 0 Å². The fraction of sp³-hybridized carbons (Fsp3) is 0.350. The first kappa shape index (κ1) is 14.8. The first-order valence-electron chi connectivity index (χ1n) is 8.15. The molecule has 0 aromatic heterocycles. The van der Waals surface area contributed by atoms with Gasteiger partial charge in [-0.3, -0.25) is 4.79 Å². The van der Waals surface area contributed by atoms with E-state index in [0.29, 0.717) is 5.78 Å². The standard InChI is InChI=1S/C20H23NO/c1-15-11-13-17(14-12-15)21-20(16-7-3-2-4-8-16)18-9-5-6-10-19(18)22/h2-4,7-8,11-14,18,20-21H,5-6,9-10H2,1H3/t18-,20+/m0/s1. The highest BCUT2D eigenvalue weighted by molar-refractivity contribution is 5.83. The topological polar surface area (TPSA) is 29.1 Å². The van der Waals surface area contributed by atoms with E-state index in [0.717, 1.165) is 31.4 Å². The third-order valence-electron chi connectivity index (χ3n) is 4.54. The maximum atomic E-state index is 12.4. The van der Waals surface area contributed by atoms with Crippen LogP contribution in [-0.4, -0.2) is 5.78 Å². The molecule has 2 aromatic rings. The second-order valence-corrected chi connectivity index (χ2v) is 6.22. The fourth-order valence-corrected chi connectivity index (χ4v) is 3.27. The van der Waals surface area contributed by atoms with Crippen LogP contribution in [0.4, 0.5) is 5.69 Å². The number of benzene rings is 2. The summed E-state index contributed by atoms with van der Waals surface area (Å²) in [6, 6.07) is 18.8. The molecule has 0 heterocycles. The Labute approximate surface area is 132 Å². The molecule has 0 saturated heterocycles. The van der Waals surface area contributed by atoms with E-state index in [2.05, 4.69) is 48.6 Å². The number of rotatable bonds is 4. The Balaban J connectivity index is 1.88. The quantitative estimate of drug-likeness (QED) is 0.868. The van der Waals surface area contributed by atoms with Gasteiger partial charge in [-0.2, -0.15) is 0 Å². The average molecular weight is 293 g/mol. The number of nitrogens with one attached hydrogen (secondary N) is 1. The Morgan fingerprint density at radius 1 is 1.00 bits per heavy atom. The van der Waals surface area contributed by atoms with Gasteiger partial charge >= 0.3 is 0 Å². The molecule has 2 aromatic carbocycles. The van der Waals surface area contributed by atoms with Crippen LogP contribution >= 0.6 is 0 Å². The number of aryl methyl sites for hydroxylation is 1. The molecule has 22 heavy (non-hydrogen) atoms. The number of Topliss-reactive ketones (excluding diaryl/α,β-unsaturated/α-hetero) is 1. The van der Waals surface area contributed by atoms with Crippen LogP contribution in [0.5, 0.6) is 0 Å². The predicted octanol–water partition coefficient (Wildman–Crippen LogP) is 4.91. The van der Waals surface area contributed by atoms with Crippen molar-refractivity contribution in [2.24, 2.45) is 5.92 Å². The lowest BCUT2D eigenvalue weighted by atomic mass is 9.80. The number of carbonyl (C=O) groups excluding carboxylic acids is 1. The summed E-state index contributed by atoms with van der Waals surface area (Å²) in [6.07, 6.45) is 3.90. The van der Waals surface area contributed by atoms with E-state index in [1.54, 1.807) is 0 Å².